The quantitative estimate of drug-likeness (QED) is 0.765. The van der Waals surface area contributed by atoms with Crippen LogP contribution in [0.4, 0.5) is 0 Å². The predicted molar refractivity (Wildman–Crippen MR) is 104 cm³/mol. The number of ether oxygens (including phenoxy) is 1. The van der Waals surface area contributed by atoms with Gasteiger partial charge in [-0.2, -0.15) is 0 Å². The number of nitrogens with zero attached hydrogens (tertiary/aromatic N) is 1. The highest BCUT2D eigenvalue weighted by atomic mass is 32.2. The Morgan fingerprint density at radius 3 is 2.18 bits per heavy atom. The average molecular weight is 403 g/mol. The summed E-state index contributed by atoms with van der Waals surface area (Å²) in [4.78, 5) is 25.7. The number of sulfone groups is 1. The number of phenolic OH excluding ortho intramolecular Hbond substituents is 1. The third-order valence-corrected chi connectivity index (χ3v) is 6.55. The predicted octanol–water partition coefficient (Wildman–Crippen LogP) is 1.86. The van der Waals surface area contributed by atoms with Crippen molar-refractivity contribution in [1.29, 1.82) is 0 Å². The maximum atomic E-state index is 12.2. The van der Waals surface area contributed by atoms with Crippen molar-refractivity contribution < 1.29 is 27.9 Å². The van der Waals surface area contributed by atoms with E-state index in [1.165, 1.54) is 11.9 Å². The van der Waals surface area contributed by atoms with Crippen molar-refractivity contribution in [3.63, 3.8) is 0 Å². The maximum absolute atomic E-state index is 12.2. The summed E-state index contributed by atoms with van der Waals surface area (Å²) in [5.41, 5.74) is 2.07. The van der Waals surface area contributed by atoms with E-state index in [1.54, 1.807) is 48.5 Å². The molecule has 148 valence electrons. The number of phenols is 1. The minimum Gasteiger partial charge on any atom is -0.508 e. The van der Waals surface area contributed by atoms with E-state index in [4.69, 9.17) is 4.74 Å². The van der Waals surface area contributed by atoms with Gasteiger partial charge in [-0.05, 0) is 41.8 Å². The Balaban J connectivity index is 1.56. The smallest absolute Gasteiger partial charge is 0.338 e. The fourth-order valence-corrected chi connectivity index (χ4v) is 4.82. The molecule has 0 saturated carbocycles. The van der Waals surface area contributed by atoms with Crippen molar-refractivity contribution in [1.82, 2.24) is 4.90 Å². The van der Waals surface area contributed by atoms with E-state index in [9.17, 15) is 23.1 Å². The summed E-state index contributed by atoms with van der Waals surface area (Å²) in [6.07, 6.45) is 0.400. The molecule has 1 N–H and O–H groups in total. The number of hydrogen-bond acceptors (Lipinski definition) is 6. The van der Waals surface area contributed by atoms with Gasteiger partial charge < -0.3 is 14.7 Å². The van der Waals surface area contributed by atoms with E-state index >= 15 is 0 Å². The van der Waals surface area contributed by atoms with Crippen LogP contribution in [-0.4, -0.2) is 61.5 Å². The molecule has 1 amide bonds. The molecule has 1 heterocycles. The van der Waals surface area contributed by atoms with Gasteiger partial charge in [0, 0.05) is 13.1 Å². The Labute approximate surface area is 163 Å². The fourth-order valence-electron chi connectivity index (χ4n) is 3.05. The topological polar surface area (TPSA) is 101 Å². The van der Waals surface area contributed by atoms with Gasteiger partial charge in [0.25, 0.3) is 5.91 Å². The van der Waals surface area contributed by atoms with Gasteiger partial charge in [-0.3, -0.25) is 4.79 Å². The summed E-state index contributed by atoms with van der Waals surface area (Å²) in [5.74, 6) is -0.868. The van der Waals surface area contributed by atoms with Gasteiger partial charge in [0.15, 0.2) is 16.4 Å². The molecule has 1 saturated heterocycles. The molecule has 0 aliphatic carbocycles. The van der Waals surface area contributed by atoms with Crippen LogP contribution in [-0.2, 0) is 19.4 Å². The molecule has 1 aliphatic heterocycles. The van der Waals surface area contributed by atoms with Crippen molar-refractivity contribution in [3.8, 4) is 16.9 Å². The summed E-state index contributed by atoms with van der Waals surface area (Å²) in [6.45, 7) is -0.439. The Hall–Kier alpha value is -2.87. The highest BCUT2D eigenvalue weighted by molar-refractivity contribution is 7.91. The average Bonchev–Trinajstić information content (AvgIpc) is 3.05. The molecule has 2 aromatic rings. The first-order valence-corrected chi connectivity index (χ1v) is 10.6. The number of hydrogen-bond donors (Lipinski definition) is 1. The molecule has 2 aromatic carbocycles. The van der Waals surface area contributed by atoms with E-state index in [0.29, 0.717) is 12.0 Å². The largest absolute Gasteiger partial charge is 0.508 e. The summed E-state index contributed by atoms with van der Waals surface area (Å²) >= 11 is 0. The summed E-state index contributed by atoms with van der Waals surface area (Å²) in [5, 5.41) is 9.34. The van der Waals surface area contributed by atoms with Crippen LogP contribution in [0.5, 0.6) is 5.75 Å². The Morgan fingerprint density at radius 2 is 1.64 bits per heavy atom. The standard InChI is InChI=1S/C20H21NO6S/c1-21(17-10-11-28(25,26)13-17)19(23)12-27-20(24)16-4-2-14(3-5-16)15-6-8-18(22)9-7-15/h2-9,17,22H,10-13H2,1H3/t17-/m1/s1. The van der Waals surface area contributed by atoms with Crippen LogP contribution in [0.3, 0.4) is 0 Å². The van der Waals surface area contributed by atoms with Gasteiger partial charge >= 0.3 is 5.97 Å². The Kier molecular flexibility index (Phi) is 5.69. The third-order valence-electron chi connectivity index (χ3n) is 4.80. The van der Waals surface area contributed by atoms with E-state index in [1.807, 2.05) is 0 Å². The molecule has 8 heteroatoms. The first-order valence-electron chi connectivity index (χ1n) is 8.78. The highest BCUT2D eigenvalue weighted by Gasteiger charge is 2.32. The molecule has 1 aliphatic rings. The van der Waals surface area contributed by atoms with E-state index < -0.39 is 28.3 Å². The number of carbonyl (C=O) groups excluding carboxylic acids is 2. The van der Waals surface area contributed by atoms with Crippen LogP contribution in [0.15, 0.2) is 48.5 Å². The number of carbonyl (C=O) groups is 2. The van der Waals surface area contributed by atoms with Gasteiger partial charge in [-0.1, -0.05) is 24.3 Å². The monoisotopic (exact) mass is 403 g/mol. The molecule has 0 spiro atoms. The number of likely N-dealkylation sites (N-methyl/N-ethyl adjacent to an activating group) is 1. The molecule has 0 unspecified atom stereocenters. The number of aromatic hydroxyl groups is 1. The van der Waals surface area contributed by atoms with Crippen LogP contribution in [0.1, 0.15) is 16.8 Å². The molecule has 0 radical (unpaired) electrons. The molecule has 1 atom stereocenters. The second-order valence-electron chi connectivity index (χ2n) is 6.76. The van der Waals surface area contributed by atoms with Gasteiger partial charge in [-0.25, -0.2) is 13.2 Å². The lowest BCUT2D eigenvalue weighted by Gasteiger charge is -2.23. The molecule has 0 aromatic heterocycles. The van der Waals surface area contributed by atoms with Crippen molar-refractivity contribution in [2.75, 3.05) is 25.2 Å². The highest BCUT2D eigenvalue weighted by Crippen LogP contribution is 2.22. The van der Waals surface area contributed by atoms with E-state index in [2.05, 4.69) is 0 Å². The van der Waals surface area contributed by atoms with Gasteiger partial charge in [0.2, 0.25) is 0 Å². The number of rotatable bonds is 5. The van der Waals surface area contributed by atoms with Crippen LogP contribution in [0.25, 0.3) is 11.1 Å². The molecule has 1 fully saturated rings. The molecular weight excluding hydrogens is 382 g/mol. The number of esters is 1. The molecule has 28 heavy (non-hydrogen) atoms. The van der Waals surface area contributed by atoms with Crippen LogP contribution in [0, 0.1) is 0 Å². The minimum absolute atomic E-state index is 0.0537. The number of benzene rings is 2. The molecule has 3 rings (SSSR count). The second kappa shape index (κ2) is 8.02. The zero-order chi connectivity index (χ0) is 20.3. The summed E-state index contributed by atoms with van der Waals surface area (Å²) in [6, 6.07) is 13.0. The summed E-state index contributed by atoms with van der Waals surface area (Å²) in [7, 11) is -1.57. The molecule has 0 bridgehead atoms. The van der Waals surface area contributed by atoms with E-state index in [-0.39, 0.29) is 23.3 Å². The van der Waals surface area contributed by atoms with Crippen LogP contribution < -0.4 is 0 Å². The van der Waals surface area contributed by atoms with Crippen LogP contribution >= 0.6 is 0 Å². The first-order chi connectivity index (χ1) is 13.2. The van der Waals surface area contributed by atoms with Crippen molar-refractivity contribution in [3.05, 3.63) is 54.1 Å². The summed E-state index contributed by atoms with van der Waals surface area (Å²) < 4.78 is 28.1. The van der Waals surface area contributed by atoms with Crippen molar-refractivity contribution in [2.24, 2.45) is 0 Å². The SMILES string of the molecule is CN(C(=O)COC(=O)c1ccc(-c2ccc(O)cc2)cc1)[C@@H]1CCS(=O)(=O)C1. The van der Waals surface area contributed by atoms with Gasteiger partial charge in [0.1, 0.15) is 5.75 Å². The lowest BCUT2D eigenvalue weighted by molar-refractivity contribution is -0.134. The van der Waals surface area contributed by atoms with Crippen molar-refractivity contribution in [2.45, 2.75) is 12.5 Å². The van der Waals surface area contributed by atoms with Crippen molar-refractivity contribution >= 4 is 21.7 Å². The zero-order valence-electron chi connectivity index (χ0n) is 15.4. The normalized spacial score (nSPS) is 17.8. The number of amides is 1. The fraction of sp³-hybridized carbons (Fsp3) is 0.300. The Bertz CT molecular complexity index is 967. The lowest BCUT2D eigenvalue weighted by atomic mass is 10.0. The van der Waals surface area contributed by atoms with Gasteiger partial charge in [-0.15, -0.1) is 0 Å². The molecular formula is C20H21NO6S. The van der Waals surface area contributed by atoms with Gasteiger partial charge in [0.05, 0.1) is 17.1 Å². The zero-order valence-corrected chi connectivity index (χ0v) is 16.2. The lowest BCUT2D eigenvalue weighted by Crippen LogP contribution is -2.40. The minimum atomic E-state index is -3.09. The van der Waals surface area contributed by atoms with Crippen LogP contribution in [0.2, 0.25) is 0 Å². The second-order valence-corrected chi connectivity index (χ2v) is 8.99. The maximum Gasteiger partial charge on any atom is 0.338 e. The van der Waals surface area contributed by atoms with E-state index in [0.717, 1.165) is 11.1 Å². The molecule has 7 nitrogen and oxygen atoms in total. The third kappa shape index (κ3) is 4.69. The Morgan fingerprint density at radius 1 is 1.07 bits per heavy atom. The first kappa shape index (κ1) is 19.9.